The molecule has 2 aromatic carbocycles. The van der Waals surface area contributed by atoms with E-state index in [0.29, 0.717) is 10.6 Å². The van der Waals surface area contributed by atoms with Crippen LogP contribution in [0, 0.1) is 5.82 Å². The molecule has 2 aromatic rings. The monoisotopic (exact) mass is 419 g/mol. The number of nitrogens with zero attached hydrogens (tertiary/aromatic N) is 1. The highest BCUT2D eigenvalue weighted by Crippen LogP contribution is 2.40. The number of amides is 1. The SMILES string of the molecule is COc1ccc(/C(O)=C2/C(=O)C(=O)N(CCCO)C2c2cccc(Cl)c2)cc1F. The first-order chi connectivity index (χ1) is 13.9. The van der Waals surface area contributed by atoms with Crippen molar-refractivity contribution in [1.29, 1.82) is 0 Å². The summed E-state index contributed by atoms with van der Waals surface area (Å²) in [6.45, 7) is -0.0685. The Labute approximate surface area is 171 Å². The van der Waals surface area contributed by atoms with E-state index in [9.17, 15) is 19.1 Å². The average Bonchev–Trinajstić information content (AvgIpc) is 2.96. The van der Waals surface area contributed by atoms with Gasteiger partial charge in [0.1, 0.15) is 5.76 Å². The summed E-state index contributed by atoms with van der Waals surface area (Å²) >= 11 is 6.08. The summed E-state index contributed by atoms with van der Waals surface area (Å²) < 4.78 is 19.0. The third-order valence-corrected chi connectivity index (χ3v) is 4.92. The van der Waals surface area contributed by atoms with E-state index in [0.717, 1.165) is 6.07 Å². The lowest BCUT2D eigenvalue weighted by Gasteiger charge is -2.25. The third kappa shape index (κ3) is 3.97. The number of benzene rings is 2. The molecule has 1 fully saturated rings. The summed E-state index contributed by atoms with van der Waals surface area (Å²) in [5, 5.41) is 20.4. The Morgan fingerprint density at radius 3 is 2.62 bits per heavy atom. The normalized spacial score (nSPS) is 18.3. The van der Waals surface area contributed by atoms with Gasteiger partial charge in [-0.3, -0.25) is 9.59 Å². The lowest BCUT2D eigenvalue weighted by Crippen LogP contribution is -2.31. The van der Waals surface area contributed by atoms with Gasteiger partial charge in [0.25, 0.3) is 11.7 Å². The van der Waals surface area contributed by atoms with Gasteiger partial charge in [0, 0.05) is 23.7 Å². The summed E-state index contributed by atoms with van der Waals surface area (Å²) in [7, 11) is 1.31. The van der Waals surface area contributed by atoms with Crippen molar-refractivity contribution in [3.8, 4) is 5.75 Å². The van der Waals surface area contributed by atoms with Crippen molar-refractivity contribution in [2.45, 2.75) is 12.5 Å². The number of aliphatic hydroxyl groups excluding tert-OH is 2. The van der Waals surface area contributed by atoms with E-state index in [4.69, 9.17) is 21.4 Å². The number of hydrogen-bond donors (Lipinski definition) is 2. The standard InChI is InChI=1S/C21H19ClFNO5/c1-29-16-7-6-13(11-15(16)23)19(26)17-18(12-4-2-5-14(22)10-12)24(8-3-9-25)21(28)20(17)27/h2,4-7,10-11,18,25-26H,3,8-9H2,1H3/b19-17-. The van der Waals surface area contributed by atoms with E-state index in [1.54, 1.807) is 24.3 Å². The highest BCUT2D eigenvalue weighted by atomic mass is 35.5. The van der Waals surface area contributed by atoms with Crippen LogP contribution in [0.5, 0.6) is 5.75 Å². The summed E-state index contributed by atoms with van der Waals surface area (Å²) in [4.78, 5) is 26.6. The van der Waals surface area contributed by atoms with Gasteiger partial charge in [-0.25, -0.2) is 4.39 Å². The molecule has 0 radical (unpaired) electrons. The first-order valence-corrected chi connectivity index (χ1v) is 9.25. The molecule has 1 heterocycles. The van der Waals surface area contributed by atoms with Crippen LogP contribution in [0.1, 0.15) is 23.6 Å². The van der Waals surface area contributed by atoms with Gasteiger partial charge in [0.2, 0.25) is 0 Å². The maximum absolute atomic E-state index is 14.1. The number of halogens is 2. The highest BCUT2D eigenvalue weighted by molar-refractivity contribution is 6.46. The summed E-state index contributed by atoms with van der Waals surface area (Å²) in [5.74, 6) is -2.93. The van der Waals surface area contributed by atoms with Crippen LogP contribution in [0.4, 0.5) is 4.39 Å². The van der Waals surface area contributed by atoms with Crippen molar-refractivity contribution in [1.82, 2.24) is 4.90 Å². The number of ketones is 1. The van der Waals surface area contributed by atoms with Crippen LogP contribution in [0.15, 0.2) is 48.0 Å². The fraction of sp³-hybridized carbons (Fsp3) is 0.238. The zero-order chi connectivity index (χ0) is 21.1. The highest BCUT2D eigenvalue weighted by Gasteiger charge is 2.45. The number of carbonyl (C=O) groups is 2. The number of rotatable bonds is 6. The number of Topliss-reactive ketones (excluding diaryl/α,β-unsaturated/α-hetero) is 1. The second-order valence-corrected chi connectivity index (χ2v) is 6.91. The summed E-state index contributed by atoms with van der Waals surface area (Å²) in [6, 6.07) is 9.41. The molecule has 1 aliphatic heterocycles. The molecule has 29 heavy (non-hydrogen) atoms. The van der Waals surface area contributed by atoms with Gasteiger partial charge in [-0.05, 0) is 42.3 Å². The largest absolute Gasteiger partial charge is 0.507 e. The van der Waals surface area contributed by atoms with Crippen LogP contribution >= 0.6 is 11.6 Å². The third-order valence-electron chi connectivity index (χ3n) is 4.69. The molecular formula is C21H19ClFNO5. The maximum atomic E-state index is 14.1. The first kappa shape index (κ1) is 20.8. The number of aliphatic hydroxyl groups is 2. The lowest BCUT2D eigenvalue weighted by molar-refractivity contribution is -0.140. The Morgan fingerprint density at radius 2 is 2.00 bits per heavy atom. The Morgan fingerprint density at radius 1 is 1.24 bits per heavy atom. The second kappa shape index (κ2) is 8.63. The fourth-order valence-electron chi connectivity index (χ4n) is 3.34. The van der Waals surface area contributed by atoms with Gasteiger partial charge in [-0.15, -0.1) is 0 Å². The van der Waals surface area contributed by atoms with Crippen molar-refractivity contribution in [2.75, 3.05) is 20.3 Å². The molecule has 0 bridgehead atoms. The van der Waals surface area contributed by atoms with Crippen molar-refractivity contribution < 1.29 is 28.9 Å². The number of ether oxygens (including phenoxy) is 1. The molecule has 6 nitrogen and oxygen atoms in total. The van der Waals surface area contributed by atoms with Crippen molar-refractivity contribution in [3.05, 3.63) is 70.0 Å². The number of hydrogen-bond acceptors (Lipinski definition) is 5. The Balaban J connectivity index is 2.17. The maximum Gasteiger partial charge on any atom is 0.295 e. The van der Waals surface area contributed by atoms with E-state index < -0.39 is 29.3 Å². The van der Waals surface area contributed by atoms with E-state index in [2.05, 4.69) is 0 Å². The first-order valence-electron chi connectivity index (χ1n) is 8.87. The molecule has 1 atom stereocenters. The Bertz CT molecular complexity index is 991. The minimum atomic E-state index is -0.912. The fourth-order valence-corrected chi connectivity index (χ4v) is 3.54. The van der Waals surface area contributed by atoms with Crippen molar-refractivity contribution in [2.24, 2.45) is 0 Å². The van der Waals surface area contributed by atoms with Crippen molar-refractivity contribution >= 4 is 29.1 Å². The molecule has 0 aliphatic carbocycles. The quantitative estimate of drug-likeness (QED) is 0.426. The molecule has 1 amide bonds. The molecule has 0 spiro atoms. The second-order valence-electron chi connectivity index (χ2n) is 6.47. The van der Waals surface area contributed by atoms with E-state index >= 15 is 0 Å². The van der Waals surface area contributed by atoms with Crippen LogP contribution < -0.4 is 4.74 Å². The van der Waals surface area contributed by atoms with E-state index in [1.165, 1.54) is 24.1 Å². The molecular weight excluding hydrogens is 401 g/mol. The van der Waals surface area contributed by atoms with Gasteiger partial charge in [0.05, 0.1) is 18.7 Å². The van der Waals surface area contributed by atoms with Gasteiger partial charge < -0.3 is 19.8 Å². The Kier molecular flexibility index (Phi) is 6.20. The molecule has 8 heteroatoms. The zero-order valence-electron chi connectivity index (χ0n) is 15.6. The van der Waals surface area contributed by atoms with Crippen LogP contribution in [0.3, 0.4) is 0 Å². The number of carbonyl (C=O) groups excluding carboxylic acids is 2. The van der Waals surface area contributed by atoms with Crippen LogP contribution in [-0.2, 0) is 9.59 Å². The summed E-state index contributed by atoms with van der Waals surface area (Å²) in [5.41, 5.74) is 0.389. The predicted octanol–water partition coefficient (Wildman–Crippen LogP) is 3.29. The van der Waals surface area contributed by atoms with E-state index in [1.807, 2.05) is 0 Å². The Hall–Kier alpha value is -2.90. The molecule has 0 saturated carbocycles. The minimum Gasteiger partial charge on any atom is -0.507 e. The van der Waals surface area contributed by atoms with Crippen LogP contribution in [0.25, 0.3) is 5.76 Å². The zero-order valence-corrected chi connectivity index (χ0v) is 16.3. The molecule has 0 aromatic heterocycles. The molecule has 1 unspecified atom stereocenters. The smallest absolute Gasteiger partial charge is 0.295 e. The van der Waals surface area contributed by atoms with Crippen LogP contribution in [-0.4, -0.2) is 47.1 Å². The molecule has 152 valence electrons. The minimum absolute atomic E-state index is 0.0173. The average molecular weight is 420 g/mol. The predicted molar refractivity (Wildman–Crippen MR) is 105 cm³/mol. The summed E-state index contributed by atoms with van der Waals surface area (Å²) in [6.07, 6.45) is 0.251. The van der Waals surface area contributed by atoms with Gasteiger partial charge in [0.15, 0.2) is 11.6 Å². The molecule has 3 rings (SSSR count). The van der Waals surface area contributed by atoms with Gasteiger partial charge >= 0.3 is 0 Å². The van der Waals surface area contributed by atoms with E-state index in [-0.39, 0.29) is 36.5 Å². The molecule has 1 aliphatic rings. The topological polar surface area (TPSA) is 87.1 Å². The van der Waals surface area contributed by atoms with Gasteiger partial charge in [-0.1, -0.05) is 23.7 Å². The molecule has 2 N–H and O–H groups in total. The lowest BCUT2D eigenvalue weighted by atomic mass is 9.95. The number of methoxy groups -OCH3 is 1. The molecule has 1 saturated heterocycles. The number of likely N-dealkylation sites (tertiary alicyclic amines) is 1. The van der Waals surface area contributed by atoms with Gasteiger partial charge in [-0.2, -0.15) is 0 Å². The van der Waals surface area contributed by atoms with Crippen LogP contribution in [0.2, 0.25) is 5.02 Å². The van der Waals surface area contributed by atoms with Crippen molar-refractivity contribution in [3.63, 3.8) is 0 Å².